The summed E-state index contributed by atoms with van der Waals surface area (Å²) >= 11 is 3.22. The molecule has 1 aliphatic heterocycles. The highest BCUT2D eigenvalue weighted by Gasteiger charge is 2.33. The van der Waals surface area contributed by atoms with Crippen molar-refractivity contribution >= 4 is 28.2 Å². The van der Waals surface area contributed by atoms with Gasteiger partial charge < -0.3 is 15.4 Å². The molecule has 0 atom stereocenters. The number of likely N-dealkylation sites (tertiary alicyclic amines) is 1. The fourth-order valence-electron chi connectivity index (χ4n) is 1.24. The summed E-state index contributed by atoms with van der Waals surface area (Å²) in [7, 11) is 0. The Morgan fingerprint density at radius 1 is 1.53 bits per heavy atom. The highest BCUT2D eigenvalue weighted by molar-refractivity contribution is 9.12. The van der Waals surface area contributed by atoms with Crippen molar-refractivity contribution in [1.29, 1.82) is 0 Å². The summed E-state index contributed by atoms with van der Waals surface area (Å²) in [6.45, 7) is 6.74. The molecule has 0 bridgehead atoms. The van der Waals surface area contributed by atoms with Crippen LogP contribution in [0.4, 0.5) is 4.79 Å². The van der Waals surface area contributed by atoms with E-state index < -0.39 is 5.60 Å². The van der Waals surface area contributed by atoms with Crippen molar-refractivity contribution in [2.45, 2.75) is 32.4 Å². The summed E-state index contributed by atoms with van der Waals surface area (Å²) in [5, 5.41) is 0. The molecule has 17 heavy (non-hydrogen) atoms. The SMILES string of the molecule is CC(C)(C)OC(=O)N1CC(N=C/C(Br)=C\N)C1. The Morgan fingerprint density at radius 3 is 2.59 bits per heavy atom. The number of aliphatic imine (C=N–C) groups is 1. The second-order valence-corrected chi connectivity index (χ2v) is 5.78. The zero-order valence-electron chi connectivity index (χ0n) is 10.3. The molecular weight excluding hydrogens is 286 g/mol. The van der Waals surface area contributed by atoms with Crippen molar-refractivity contribution < 1.29 is 9.53 Å². The number of nitrogens with zero attached hydrogens (tertiary/aromatic N) is 2. The first-order valence-corrected chi connectivity index (χ1v) is 6.19. The minimum absolute atomic E-state index is 0.134. The van der Waals surface area contributed by atoms with Crippen LogP contribution in [0.3, 0.4) is 0 Å². The van der Waals surface area contributed by atoms with Gasteiger partial charge >= 0.3 is 6.09 Å². The van der Waals surface area contributed by atoms with E-state index in [0.29, 0.717) is 13.1 Å². The van der Waals surface area contributed by atoms with E-state index in [2.05, 4.69) is 20.9 Å². The van der Waals surface area contributed by atoms with Crippen LogP contribution in [0.5, 0.6) is 0 Å². The molecule has 0 aromatic carbocycles. The van der Waals surface area contributed by atoms with Crippen LogP contribution in [0, 0.1) is 0 Å². The molecule has 0 spiro atoms. The van der Waals surface area contributed by atoms with Gasteiger partial charge in [0.25, 0.3) is 0 Å². The lowest BCUT2D eigenvalue weighted by Crippen LogP contribution is -2.54. The molecule has 6 heteroatoms. The quantitative estimate of drug-likeness (QED) is 0.792. The zero-order chi connectivity index (χ0) is 13.1. The normalized spacial score (nSPS) is 18.4. The second kappa shape index (κ2) is 5.53. The number of hydrogen-bond donors (Lipinski definition) is 1. The number of hydrogen-bond acceptors (Lipinski definition) is 4. The highest BCUT2D eigenvalue weighted by Crippen LogP contribution is 2.17. The van der Waals surface area contributed by atoms with Crippen molar-refractivity contribution in [2.75, 3.05) is 13.1 Å². The Hall–Kier alpha value is -1.04. The summed E-state index contributed by atoms with van der Waals surface area (Å²) in [4.78, 5) is 17.5. The third-order valence-corrected chi connectivity index (χ3v) is 2.55. The summed E-state index contributed by atoms with van der Waals surface area (Å²) in [6, 6.07) is 0.134. The van der Waals surface area contributed by atoms with Gasteiger partial charge in [0.1, 0.15) is 5.60 Å². The van der Waals surface area contributed by atoms with Crippen LogP contribution in [-0.2, 0) is 4.74 Å². The van der Waals surface area contributed by atoms with E-state index in [1.165, 1.54) is 6.20 Å². The van der Waals surface area contributed by atoms with Crippen LogP contribution in [0.2, 0.25) is 0 Å². The lowest BCUT2D eigenvalue weighted by molar-refractivity contribution is 0.00911. The first kappa shape index (κ1) is 14.0. The smallest absolute Gasteiger partial charge is 0.410 e. The lowest BCUT2D eigenvalue weighted by Gasteiger charge is -2.37. The number of carbonyl (C=O) groups excluding carboxylic acids is 1. The van der Waals surface area contributed by atoms with Crippen LogP contribution in [0.15, 0.2) is 15.7 Å². The fourth-order valence-corrected chi connectivity index (χ4v) is 1.36. The van der Waals surface area contributed by atoms with Gasteiger partial charge in [0.15, 0.2) is 0 Å². The number of carbonyl (C=O) groups is 1. The topological polar surface area (TPSA) is 67.9 Å². The van der Waals surface area contributed by atoms with Gasteiger partial charge in [-0.25, -0.2) is 4.79 Å². The average Bonchev–Trinajstić information content (AvgIpc) is 2.11. The molecule has 5 nitrogen and oxygen atoms in total. The van der Waals surface area contributed by atoms with Crippen molar-refractivity contribution in [3.8, 4) is 0 Å². The maximum Gasteiger partial charge on any atom is 0.410 e. The van der Waals surface area contributed by atoms with E-state index in [9.17, 15) is 4.79 Å². The molecule has 0 aromatic rings. The number of rotatable bonds is 2. The molecule has 0 aliphatic carbocycles. The van der Waals surface area contributed by atoms with E-state index in [1.54, 1.807) is 11.1 Å². The molecule has 0 aromatic heterocycles. The minimum Gasteiger partial charge on any atom is -0.444 e. The molecule has 2 N–H and O–H groups in total. The number of halogens is 1. The average molecular weight is 304 g/mol. The number of amides is 1. The molecule has 1 fully saturated rings. The van der Waals surface area contributed by atoms with Gasteiger partial charge in [-0.15, -0.1) is 0 Å². The summed E-state index contributed by atoms with van der Waals surface area (Å²) < 4.78 is 5.96. The van der Waals surface area contributed by atoms with Crippen molar-refractivity contribution in [3.05, 3.63) is 10.7 Å². The molecule has 0 radical (unpaired) electrons. The van der Waals surface area contributed by atoms with E-state index in [0.717, 1.165) is 4.48 Å². The Labute approximate surface area is 110 Å². The summed E-state index contributed by atoms with van der Waals surface area (Å²) in [6.07, 6.45) is 2.79. The molecule has 1 amide bonds. The molecule has 1 rings (SSSR count). The molecule has 1 heterocycles. The molecule has 1 saturated heterocycles. The molecule has 0 saturated carbocycles. The van der Waals surface area contributed by atoms with Crippen LogP contribution in [0.25, 0.3) is 0 Å². The van der Waals surface area contributed by atoms with Crippen LogP contribution < -0.4 is 5.73 Å². The minimum atomic E-state index is -0.448. The molecule has 96 valence electrons. The first-order chi connectivity index (χ1) is 7.81. The van der Waals surface area contributed by atoms with E-state index in [4.69, 9.17) is 10.5 Å². The van der Waals surface area contributed by atoms with Crippen molar-refractivity contribution in [2.24, 2.45) is 10.7 Å². The Morgan fingerprint density at radius 2 is 2.12 bits per heavy atom. The van der Waals surface area contributed by atoms with E-state index >= 15 is 0 Å². The third-order valence-electron chi connectivity index (χ3n) is 2.08. The maximum atomic E-state index is 11.6. The van der Waals surface area contributed by atoms with Crippen molar-refractivity contribution in [1.82, 2.24) is 4.90 Å². The van der Waals surface area contributed by atoms with Gasteiger partial charge in [-0.2, -0.15) is 0 Å². The van der Waals surface area contributed by atoms with Crippen LogP contribution in [0.1, 0.15) is 20.8 Å². The van der Waals surface area contributed by atoms with Gasteiger partial charge in [-0.1, -0.05) is 0 Å². The van der Waals surface area contributed by atoms with E-state index in [1.807, 2.05) is 20.8 Å². The molecule has 1 aliphatic rings. The Kier molecular flexibility index (Phi) is 4.56. The summed E-state index contributed by atoms with van der Waals surface area (Å²) in [5.41, 5.74) is 4.83. The second-order valence-electron chi connectivity index (χ2n) is 4.87. The predicted octanol–water partition coefficient (Wildman–Crippen LogP) is 1.87. The van der Waals surface area contributed by atoms with Gasteiger partial charge in [0.05, 0.1) is 10.5 Å². The van der Waals surface area contributed by atoms with Gasteiger partial charge in [0.2, 0.25) is 0 Å². The monoisotopic (exact) mass is 303 g/mol. The molecule has 0 unspecified atom stereocenters. The van der Waals surface area contributed by atoms with Gasteiger partial charge in [0, 0.05) is 25.5 Å². The number of ether oxygens (including phenoxy) is 1. The van der Waals surface area contributed by atoms with Crippen LogP contribution in [-0.4, -0.2) is 41.9 Å². The van der Waals surface area contributed by atoms with Gasteiger partial charge in [-0.05, 0) is 36.7 Å². The standard InChI is InChI=1S/C11H18BrN3O2/c1-11(2,3)17-10(16)15-6-9(7-15)14-5-8(12)4-13/h4-5,9H,6-7,13H2,1-3H3/b8-4+,14-5?. The third kappa shape index (κ3) is 4.77. The zero-order valence-corrected chi connectivity index (χ0v) is 11.9. The Balaban J connectivity index is 2.32. The highest BCUT2D eigenvalue weighted by atomic mass is 79.9. The molecular formula is C11H18BrN3O2. The first-order valence-electron chi connectivity index (χ1n) is 5.40. The Bertz CT molecular complexity index is 341. The van der Waals surface area contributed by atoms with Crippen molar-refractivity contribution in [3.63, 3.8) is 0 Å². The number of allylic oxidation sites excluding steroid dienone is 1. The lowest BCUT2D eigenvalue weighted by atomic mass is 10.1. The van der Waals surface area contributed by atoms with Gasteiger partial charge in [-0.3, -0.25) is 4.99 Å². The number of nitrogens with two attached hydrogens (primary N) is 1. The van der Waals surface area contributed by atoms with Crippen LogP contribution >= 0.6 is 15.9 Å². The predicted molar refractivity (Wildman–Crippen MR) is 71.3 cm³/mol. The van der Waals surface area contributed by atoms with E-state index in [-0.39, 0.29) is 12.1 Å². The largest absolute Gasteiger partial charge is 0.444 e. The fraction of sp³-hybridized carbons (Fsp3) is 0.636. The summed E-state index contributed by atoms with van der Waals surface area (Å²) in [5.74, 6) is 0. The maximum absolute atomic E-state index is 11.6.